The average Bonchev–Trinajstić information content (AvgIpc) is 2.48. The molecule has 0 saturated carbocycles. The van der Waals surface area contributed by atoms with Crippen LogP contribution in [0.2, 0.25) is 0 Å². The summed E-state index contributed by atoms with van der Waals surface area (Å²) in [4.78, 5) is 3.95. The van der Waals surface area contributed by atoms with E-state index in [0.29, 0.717) is 13.1 Å². The number of nitrogens with zero attached hydrogens (tertiary/aromatic N) is 2. The van der Waals surface area contributed by atoms with E-state index in [9.17, 15) is 8.42 Å². The molecule has 1 aliphatic rings. The van der Waals surface area contributed by atoms with Gasteiger partial charge >= 0.3 is 0 Å². The first-order valence-corrected chi connectivity index (χ1v) is 6.16. The minimum Gasteiger partial charge on any atom is -0.264 e. The van der Waals surface area contributed by atoms with Gasteiger partial charge in [-0.25, -0.2) is 8.42 Å². The standard InChI is InChI=1S/C9H12N2O2S/c12-14(13)6-2-5-11(14)8-9-3-1-4-10-7-9/h1,3-4,7H,2,5-6,8H2. The Bertz CT molecular complexity index is 402. The first-order valence-electron chi connectivity index (χ1n) is 4.55. The number of hydrogen-bond donors (Lipinski definition) is 0. The number of rotatable bonds is 2. The maximum Gasteiger partial charge on any atom is 0.214 e. The summed E-state index contributed by atoms with van der Waals surface area (Å²) >= 11 is 0. The molecule has 0 amide bonds. The van der Waals surface area contributed by atoms with Gasteiger partial charge in [-0.2, -0.15) is 4.31 Å². The highest BCUT2D eigenvalue weighted by molar-refractivity contribution is 7.89. The Morgan fingerprint density at radius 3 is 2.93 bits per heavy atom. The van der Waals surface area contributed by atoms with E-state index in [1.54, 1.807) is 12.4 Å². The molecule has 0 N–H and O–H groups in total. The summed E-state index contributed by atoms with van der Waals surface area (Å²) < 4.78 is 24.5. The van der Waals surface area contributed by atoms with Crippen LogP contribution >= 0.6 is 0 Å². The normalized spacial score (nSPS) is 21.1. The van der Waals surface area contributed by atoms with E-state index < -0.39 is 10.0 Å². The Morgan fingerprint density at radius 1 is 1.50 bits per heavy atom. The van der Waals surface area contributed by atoms with Crippen LogP contribution in [-0.4, -0.2) is 30.0 Å². The maximum atomic E-state index is 11.5. The summed E-state index contributed by atoms with van der Waals surface area (Å²) in [5.74, 6) is 0.285. The minimum atomic E-state index is -2.98. The molecule has 1 saturated heterocycles. The van der Waals surface area contributed by atoms with E-state index in [1.165, 1.54) is 4.31 Å². The summed E-state index contributed by atoms with van der Waals surface area (Å²) in [7, 11) is -2.98. The molecule has 1 aliphatic heterocycles. The van der Waals surface area contributed by atoms with Crippen LogP contribution in [0.3, 0.4) is 0 Å². The van der Waals surface area contributed by atoms with Crippen LogP contribution in [0.1, 0.15) is 12.0 Å². The molecule has 0 bridgehead atoms. The van der Waals surface area contributed by atoms with Crippen molar-refractivity contribution in [3.8, 4) is 0 Å². The van der Waals surface area contributed by atoms with Crippen molar-refractivity contribution in [3.63, 3.8) is 0 Å². The van der Waals surface area contributed by atoms with Gasteiger partial charge in [0.1, 0.15) is 0 Å². The number of sulfonamides is 1. The smallest absolute Gasteiger partial charge is 0.214 e. The quantitative estimate of drug-likeness (QED) is 0.722. The zero-order valence-corrected chi connectivity index (χ0v) is 8.57. The fraction of sp³-hybridized carbons (Fsp3) is 0.444. The fourth-order valence-corrected chi connectivity index (χ4v) is 3.07. The number of pyridine rings is 1. The summed E-state index contributed by atoms with van der Waals surface area (Å²) in [5.41, 5.74) is 0.943. The van der Waals surface area contributed by atoms with Gasteiger partial charge in [-0.05, 0) is 18.1 Å². The molecule has 0 radical (unpaired) electrons. The Hall–Kier alpha value is -0.940. The first kappa shape index (κ1) is 9.61. The van der Waals surface area contributed by atoms with E-state index in [0.717, 1.165) is 12.0 Å². The number of aromatic nitrogens is 1. The summed E-state index contributed by atoms with van der Waals surface area (Å²) in [5, 5.41) is 0. The molecule has 76 valence electrons. The average molecular weight is 212 g/mol. The zero-order valence-electron chi connectivity index (χ0n) is 7.76. The predicted octanol–water partition coefficient (Wildman–Crippen LogP) is 0.617. The van der Waals surface area contributed by atoms with Gasteiger partial charge in [-0.1, -0.05) is 6.07 Å². The van der Waals surface area contributed by atoms with E-state index in [1.807, 2.05) is 12.1 Å². The van der Waals surface area contributed by atoms with Crippen molar-refractivity contribution in [2.75, 3.05) is 12.3 Å². The van der Waals surface area contributed by atoms with E-state index in [4.69, 9.17) is 0 Å². The van der Waals surface area contributed by atoms with Gasteiger partial charge < -0.3 is 0 Å². The third kappa shape index (κ3) is 1.93. The van der Waals surface area contributed by atoms with E-state index >= 15 is 0 Å². The summed E-state index contributed by atoms with van der Waals surface area (Å²) in [6.07, 6.45) is 4.12. The van der Waals surface area contributed by atoms with Gasteiger partial charge in [0.2, 0.25) is 10.0 Å². The first-order chi connectivity index (χ1) is 6.68. The van der Waals surface area contributed by atoms with Crippen LogP contribution in [0.4, 0.5) is 0 Å². The minimum absolute atomic E-state index is 0.285. The van der Waals surface area contributed by atoms with E-state index in [2.05, 4.69) is 4.98 Å². The van der Waals surface area contributed by atoms with Gasteiger partial charge in [0, 0.05) is 25.5 Å². The molecule has 0 spiro atoms. The molecule has 1 aromatic rings. The Morgan fingerprint density at radius 2 is 2.36 bits per heavy atom. The molecule has 2 rings (SSSR count). The monoisotopic (exact) mass is 212 g/mol. The van der Waals surface area contributed by atoms with Gasteiger partial charge in [-0.3, -0.25) is 4.98 Å². The SMILES string of the molecule is O=S1(=O)CCCN1Cc1cccnc1. The van der Waals surface area contributed by atoms with Gasteiger partial charge in [0.05, 0.1) is 5.75 Å². The Kier molecular flexibility index (Phi) is 2.52. The van der Waals surface area contributed by atoms with Crippen LogP contribution in [0, 0.1) is 0 Å². The van der Waals surface area contributed by atoms with Gasteiger partial charge in [0.15, 0.2) is 0 Å². The molecular weight excluding hydrogens is 200 g/mol. The van der Waals surface area contributed by atoms with Crippen molar-refractivity contribution in [2.45, 2.75) is 13.0 Å². The van der Waals surface area contributed by atoms with Crippen LogP contribution in [0.15, 0.2) is 24.5 Å². The molecule has 0 aliphatic carbocycles. The molecule has 14 heavy (non-hydrogen) atoms. The van der Waals surface area contributed by atoms with Crippen molar-refractivity contribution in [3.05, 3.63) is 30.1 Å². The second kappa shape index (κ2) is 3.67. The van der Waals surface area contributed by atoms with E-state index in [-0.39, 0.29) is 5.75 Å². The van der Waals surface area contributed by atoms with Crippen molar-refractivity contribution >= 4 is 10.0 Å². The largest absolute Gasteiger partial charge is 0.264 e. The molecule has 0 aromatic carbocycles. The van der Waals surface area contributed by atoms with Crippen molar-refractivity contribution in [1.29, 1.82) is 0 Å². The number of hydrogen-bond acceptors (Lipinski definition) is 3. The molecule has 0 unspecified atom stereocenters. The van der Waals surface area contributed by atoms with Crippen molar-refractivity contribution in [1.82, 2.24) is 9.29 Å². The second-order valence-electron chi connectivity index (χ2n) is 3.36. The Balaban J connectivity index is 2.13. The molecule has 1 fully saturated rings. The lowest BCUT2D eigenvalue weighted by molar-refractivity contribution is 0.439. The third-order valence-corrected chi connectivity index (χ3v) is 4.19. The molecule has 0 atom stereocenters. The maximum absolute atomic E-state index is 11.5. The van der Waals surface area contributed by atoms with Crippen LogP contribution in [0.5, 0.6) is 0 Å². The van der Waals surface area contributed by atoms with Crippen LogP contribution in [0.25, 0.3) is 0 Å². The van der Waals surface area contributed by atoms with Gasteiger partial charge in [0.25, 0.3) is 0 Å². The summed E-state index contributed by atoms with van der Waals surface area (Å²) in [6, 6.07) is 3.71. The Labute approximate surface area is 83.6 Å². The highest BCUT2D eigenvalue weighted by Gasteiger charge is 2.27. The molecule has 2 heterocycles. The lowest BCUT2D eigenvalue weighted by Crippen LogP contribution is -2.25. The van der Waals surface area contributed by atoms with Gasteiger partial charge in [-0.15, -0.1) is 0 Å². The highest BCUT2D eigenvalue weighted by atomic mass is 32.2. The highest BCUT2D eigenvalue weighted by Crippen LogP contribution is 2.16. The van der Waals surface area contributed by atoms with Crippen molar-refractivity contribution < 1.29 is 8.42 Å². The molecule has 5 heteroatoms. The topological polar surface area (TPSA) is 50.3 Å². The second-order valence-corrected chi connectivity index (χ2v) is 5.45. The lowest BCUT2D eigenvalue weighted by Gasteiger charge is -2.13. The van der Waals surface area contributed by atoms with Crippen LogP contribution in [-0.2, 0) is 16.6 Å². The third-order valence-electron chi connectivity index (χ3n) is 2.28. The molecule has 1 aromatic heterocycles. The zero-order chi connectivity index (χ0) is 10.0. The van der Waals surface area contributed by atoms with Crippen molar-refractivity contribution in [2.24, 2.45) is 0 Å². The fourth-order valence-electron chi connectivity index (χ4n) is 1.56. The molecular formula is C9H12N2O2S. The lowest BCUT2D eigenvalue weighted by atomic mass is 10.3. The predicted molar refractivity (Wildman–Crippen MR) is 53.1 cm³/mol. The summed E-state index contributed by atoms with van der Waals surface area (Å²) in [6.45, 7) is 1.09. The molecule has 4 nitrogen and oxygen atoms in total. The van der Waals surface area contributed by atoms with Crippen LogP contribution < -0.4 is 0 Å².